The number of aliphatic hydroxyl groups is 1. The Labute approximate surface area is 123 Å². The van der Waals surface area contributed by atoms with Gasteiger partial charge in [-0.15, -0.1) is 0 Å². The molecule has 0 fully saturated rings. The Morgan fingerprint density at radius 2 is 1.75 bits per heavy atom. The third kappa shape index (κ3) is 2.58. The van der Waals surface area contributed by atoms with Crippen LogP contribution in [0.5, 0.6) is 0 Å². The van der Waals surface area contributed by atoms with Gasteiger partial charge in [-0.2, -0.15) is 0 Å². The topological polar surface area (TPSA) is 20.2 Å². The first-order chi connectivity index (χ1) is 9.65. The fourth-order valence-electron chi connectivity index (χ4n) is 2.96. The number of hydrogen-bond acceptors (Lipinski definition) is 1. The van der Waals surface area contributed by atoms with Crippen LogP contribution in [0.15, 0.2) is 42.5 Å². The predicted octanol–water partition coefficient (Wildman–Crippen LogP) is 3.80. The lowest BCUT2D eigenvalue weighted by Gasteiger charge is -2.18. The molecule has 20 heavy (non-hydrogen) atoms. The Kier molecular flexibility index (Phi) is 3.77. The van der Waals surface area contributed by atoms with Gasteiger partial charge in [0.2, 0.25) is 0 Å². The summed E-state index contributed by atoms with van der Waals surface area (Å²) in [4.78, 5) is 0. The van der Waals surface area contributed by atoms with E-state index in [4.69, 9.17) is 11.6 Å². The zero-order chi connectivity index (χ0) is 14.1. The molecule has 1 nitrogen and oxygen atoms in total. The van der Waals surface area contributed by atoms with Gasteiger partial charge < -0.3 is 5.11 Å². The lowest BCUT2D eigenvalue weighted by atomic mass is 9.93. The molecular weight excluding hydrogens is 275 g/mol. The molecular formula is C17H16ClFO. The molecule has 1 atom stereocenters. The van der Waals surface area contributed by atoms with Gasteiger partial charge in [-0.3, -0.25) is 0 Å². The third-order valence-electron chi connectivity index (χ3n) is 4.09. The number of aliphatic hydroxyl groups excluding tert-OH is 1. The third-order valence-corrected chi connectivity index (χ3v) is 4.51. The fraction of sp³-hybridized carbons (Fsp3) is 0.294. The van der Waals surface area contributed by atoms with Gasteiger partial charge in [0.05, 0.1) is 11.1 Å². The predicted molar refractivity (Wildman–Crippen MR) is 78.5 cm³/mol. The van der Waals surface area contributed by atoms with Crippen LogP contribution >= 0.6 is 11.6 Å². The molecule has 3 rings (SSSR count). The fourth-order valence-corrected chi connectivity index (χ4v) is 3.17. The van der Waals surface area contributed by atoms with Crippen LogP contribution < -0.4 is 0 Å². The molecule has 1 aliphatic carbocycles. The van der Waals surface area contributed by atoms with Crippen LogP contribution in [0.4, 0.5) is 4.39 Å². The number of benzene rings is 2. The van der Waals surface area contributed by atoms with Crippen LogP contribution in [0.25, 0.3) is 0 Å². The maximum absolute atomic E-state index is 13.4. The highest BCUT2D eigenvalue weighted by Gasteiger charge is 2.27. The lowest BCUT2D eigenvalue weighted by Crippen LogP contribution is -2.23. The summed E-state index contributed by atoms with van der Waals surface area (Å²) in [5.74, 6) is -0.238. The first-order valence-electron chi connectivity index (χ1n) is 6.83. The van der Waals surface area contributed by atoms with Gasteiger partial charge in [-0.1, -0.05) is 48.0 Å². The minimum atomic E-state index is -0.498. The lowest BCUT2D eigenvalue weighted by molar-refractivity contribution is 0.112. The summed E-state index contributed by atoms with van der Waals surface area (Å²) < 4.78 is 13.4. The standard InChI is InChI=1S/C17H16ClFO/c18-17-13(6-3-7-15(17)19)10-16(20)14-8-11-4-1-2-5-12(11)9-14/h1-7,14,16,20H,8-10H2. The zero-order valence-corrected chi connectivity index (χ0v) is 11.8. The summed E-state index contributed by atoms with van der Waals surface area (Å²) in [7, 11) is 0. The quantitative estimate of drug-likeness (QED) is 0.912. The van der Waals surface area contributed by atoms with Crippen molar-refractivity contribution in [3.63, 3.8) is 0 Å². The van der Waals surface area contributed by atoms with Crippen LogP contribution in [0.1, 0.15) is 16.7 Å². The van der Waals surface area contributed by atoms with E-state index in [1.54, 1.807) is 12.1 Å². The molecule has 0 heterocycles. The number of hydrogen-bond donors (Lipinski definition) is 1. The summed E-state index contributed by atoms with van der Waals surface area (Å²) in [6.07, 6.45) is 1.66. The van der Waals surface area contributed by atoms with Crippen LogP contribution in [0, 0.1) is 11.7 Å². The van der Waals surface area contributed by atoms with E-state index in [1.165, 1.54) is 17.2 Å². The maximum atomic E-state index is 13.4. The molecule has 1 aliphatic rings. The van der Waals surface area contributed by atoms with E-state index in [0.717, 1.165) is 12.8 Å². The molecule has 104 valence electrons. The van der Waals surface area contributed by atoms with Crippen molar-refractivity contribution in [2.75, 3.05) is 0 Å². The second-order valence-corrected chi connectivity index (χ2v) is 5.80. The Hall–Kier alpha value is -1.38. The Balaban J connectivity index is 1.72. The van der Waals surface area contributed by atoms with Gasteiger partial charge in [0.15, 0.2) is 0 Å². The van der Waals surface area contributed by atoms with Gasteiger partial charge in [0.25, 0.3) is 0 Å². The highest BCUT2D eigenvalue weighted by atomic mass is 35.5. The van der Waals surface area contributed by atoms with Crippen molar-refractivity contribution < 1.29 is 9.50 Å². The van der Waals surface area contributed by atoms with Crippen molar-refractivity contribution in [3.8, 4) is 0 Å². The first-order valence-corrected chi connectivity index (χ1v) is 7.20. The highest BCUT2D eigenvalue weighted by molar-refractivity contribution is 6.31. The molecule has 2 aromatic carbocycles. The largest absolute Gasteiger partial charge is 0.392 e. The van der Waals surface area contributed by atoms with Gasteiger partial charge >= 0.3 is 0 Å². The van der Waals surface area contributed by atoms with Gasteiger partial charge in [0.1, 0.15) is 5.82 Å². The van der Waals surface area contributed by atoms with Gasteiger partial charge in [-0.05, 0) is 41.5 Å². The highest BCUT2D eigenvalue weighted by Crippen LogP contribution is 2.31. The number of halogens is 2. The van der Waals surface area contributed by atoms with E-state index in [-0.39, 0.29) is 10.9 Å². The second kappa shape index (κ2) is 5.55. The summed E-state index contributed by atoms with van der Waals surface area (Å²) in [6, 6.07) is 13.0. The number of fused-ring (bicyclic) bond motifs is 1. The molecule has 3 heteroatoms. The van der Waals surface area contributed by atoms with Crippen LogP contribution in [-0.2, 0) is 19.3 Å². The van der Waals surface area contributed by atoms with E-state index in [0.29, 0.717) is 12.0 Å². The van der Waals surface area contributed by atoms with E-state index in [9.17, 15) is 9.50 Å². The summed E-state index contributed by atoms with van der Waals surface area (Å²) in [6.45, 7) is 0. The Morgan fingerprint density at radius 3 is 2.40 bits per heavy atom. The van der Waals surface area contributed by atoms with Crippen molar-refractivity contribution in [1.29, 1.82) is 0 Å². The van der Waals surface area contributed by atoms with E-state index < -0.39 is 11.9 Å². The van der Waals surface area contributed by atoms with Crippen LogP contribution in [0.2, 0.25) is 5.02 Å². The molecule has 1 unspecified atom stereocenters. The molecule has 0 radical (unpaired) electrons. The van der Waals surface area contributed by atoms with Crippen molar-refractivity contribution in [3.05, 3.63) is 70.0 Å². The molecule has 0 saturated carbocycles. The summed E-state index contributed by atoms with van der Waals surface area (Å²) in [5.41, 5.74) is 3.29. The van der Waals surface area contributed by atoms with Crippen LogP contribution in [0.3, 0.4) is 0 Å². The molecule has 2 aromatic rings. The summed E-state index contributed by atoms with van der Waals surface area (Å²) in [5, 5.41) is 10.5. The van der Waals surface area contributed by atoms with Crippen LogP contribution in [-0.4, -0.2) is 11.2 Å². The van der Waals surface area contributed by atoms with Gasteiger partial charge in [0, 0.05) is 6.42 Å². The van der Waals surface area contributed by atoms with Gasteiger partial charge in [-0.25, -0.2) is 4.39 Å². The minimum Gasteiger partial charge on any atom is -0.392 e. The summed E-state index contributed by atoms with van der Waals surface area (Å²) >= 11 is 5.95. The maximum Gasteiger partial charge on any atom is 0.142 e. The minimum absolute atomic E-state index is 0.127. The molecule has 0 saturated heterocycles. The molecule has 0 aromatic heterocycles. The monoisotopic (exact) mass is 290 g/mol. The smallest absolute Gasteiger partial charge is 0.142 e. The second-order valence-electron chi connectivity index (χ2n) is 5.42. The first kappa shape index (κ1) is 13.6. The molecule has 0 amide bonds. The number of rotatable bonds is 3. The van der Waals surface area contributed by atoms with Crippen molar-refractivity contribution >= 4 is 11.6 Å². The SMILES string of the molecule is OC(Cc1cccc(F)c1Cl)C1Cc2ccccc2C1. The molecule has 0 spiro atoms. The zero-order valence-electron chi connectivity index (χ0n) is 11.0. The normalized spacial score (nSPS) is 16.1. The van der Waals surface area contributed by atoms with E-state index >= 15 is 0 Å². The molecule has 1 N–H and O–H groups in total. The Morgan fingerprint density at radius 1 is 1.10 bits per heavy atom. The van der Waals surface area contributed by atoms with E-state index in [2.05, 4.69) is 12.1 Å². The van der Waals surface area contributed by atoms with Crippen molar-refractivity contribution in [2.45, 2.75) is 25.4 Å². The molecule has 0 aliphatic heterocycles. The van der Waals surface area contributed by atoms with E-state index in [1.807, 2.05) is 12.1 Å². The average molecular weight is 291 g/mol. The Bertz CT molecular complexity index is 601. The molecule has 0 bridgehead atoms. The van der Waals surface area contributed by atoms with Crippen molar-refractivity contribution in [2.24, 2.45) is 5.92 Å². The average Bonchev–Trinajstić information content (AvgIpc) is 2.88. The van der Waals surface area contributed by atoms with Crippen molar-refractivity contribution in [1.82, 2.24) is 0 Å².